The third-order valence-corrected chi connectivity index (χ3v) is 4.33. The Morgan fingerprint density at radius 3 is 2.83 bits per heavy atom. The minimum atomic E-state index is 0. The molecule has 130 valence electrons. The van der Waals surface area contributed by atoms with Gasteiger partial charge in [-0.1, -0.05) is 27.4 Å². The van der Waals surface area contributed by atoms with Crippen molar-refractivity contribution in [3.63, 3.8) is 0 Å². The van der Waals surface area contributed by atoms with Crippen LogP contribution in [0.3, 0.4) is 0 Å². The predicted molar refractivity (Wildman–Crippen MR) is 99.5 cm³/mol. The molecule has 1 fully saturated rings. The van der Waals surface area contributed by atoms with Crippen LogP contribution >= 0.6 is 0 Å². The normalized spacial score (nSPS) is 18.9. The summed E-state index contributed by atoms with van der Waals surface area (Å²) in [6.45, 7) is 13.2. The summed E-state index contributed by atoms with van der Waals surface area (Å²) in [6, 6.07) is 4.66. The molecule has 0 aromatic heterocycles. The zero-order chi connectivity index (χ0) is 16.8. The fourth-order valence-electron chi connectivity index (χ4n) is 3.22. The highest BCUT2D eigenvalue weighted by Gasteiger charge is 2.30. The molecule has 3 rings (SSSR count). The van der Waals surface area contributed by atoms with Gasteiger partial charge >= 0.3 is 0 Å². The summed E-state index contributed by atoms with van der Waals surface area (Å²) in [6.07, 6.45) is 3.46. The highest BCUT2D eigenvalue weighted by Crippen LogP contribution is 2.40. The Hall–Kier alpha value is -1.84. The largest absolute Gasteiger partial charge is 0.493 e. The van der Waals surface area contributed by atoms with Crippen molar-refractivity contribution in [3.8, 4) is 11.5 Å². The average Bonchev–Trinajstić information content (AvgIpc) is 3.03. The van der Waals surface area contributed by atoms with Crippen molar-refractivity contribution in [2.24, 2.45) is 0 Å². The monoisotopic (exact) mass is 320 g/mol. The molecule has 1 aromatic carbocycles. The second-order valence-corrected chi connectivity index (χ2v) is 5.71. The molecular formula is C19H32N2O2. The van der Waals surface area contributed by atoms with Crippen molar-refractivity contribution in [1.29, 1.82) is 0 Å². The highest BCUT2D eigenvalue weighted by atomic mass is 16.5. The lowest BCUT2D eigenvalue weighted by Gasteiger charge is -2.25. The number of hydrogen-bond acceptors (Lipinski definition) is 4. The molecule has 1 aromatic rings. The van der Waals surface area contributed by atoms with E-state index in [1.807, 2.05) is 13.8 Å². The van der Waals surface area contributed by atoms with Crippen LogP contribution < -0.4 is 14.8 Å². The number of fused-ring (bicyclic) bond motifs is 2. The molecular weight excluding hydrogens is 288 g/mol. The minimum absolute atomic E-state index is 0. The second-order valence-electron chi connectivity index (χ2n) is 5.71. The van der Waals surface area contributed by atoms with Gasteiger partial charge in [-0.25, -0.2) is 0 Å². The number of hydrogen-bond donors (Lipinski definition) is 1. The van der Waals surface area contributed by atoms with Gasteiger partial charge in [0.2, 0.25) is 0 Å². The Bertz CT molecular complexity index is 548. The van der Waals surface area contributed by atoms with Crippen LogP contribution in [0, 0.1) is 0 Å². The zero-order valence-corrected chi connectivity index (χ0v) is 14.9. The summed E-state index contributed by atoms with van der Waals surface area (Å²) >= 11 is 0. The molecule has 0 unspecified atom stereocenters. The summed E-state index contributed by atoms with van der Waals surface area (Å²) in [5, 5.41) is 3.56. The van der Waals surface area contributed by atoms with Gasteiger partial charge in [0, 0.05) is 43.6 Å². The molecule has 0 aliphatic carbocycles. The number of anilines is 1. The van der Waals surface area contributed by atoms with E-state index in [1.165, 1.54) is 12.8 Å². The third-order valence-electron chi connectivity index (χ3n) is 4.33. The van der Waals surface area contributed by atoms with Gasteiger partial charge in [0.05, 0.1) is 13.7 Å². The van der Waals surface area contributed by atoms with Crippen LogP contribution in [0.4, 0.5) is 5.69 Å². The lowest BCUT2D eigenvalue weighted by atomic mass is 10.1. The molecule has 0 radical (unpaired) electrons. The first-order chi connectivity index (χ1) is 11.2. The van der Waals surface area contributed by atoms with Gasteiger partial charge in [-0.2, -0.15) is 0 Å². The molecule has 23 heavy (non-hydrogen) atoms. The van der Waals surface area contributed by atoms with E-state index in [-0.39, 0.29) is 1.43 Å². The van der Waals surface area contributed by atoms with E-state index in [0.717, 1.165) is 48.0 Å². The van der Waals surface area contributed by atoms with E-state index < -0.39 is 0 Å². The Labute approximate surface area is 142 Å². The van der Waals surface area contributed by atoms with Gasteiger partial charge in [-0.05, 0) is 25.3 Å². The molecule has 1 N–H and O–H groups in total. The fraction of sp³-hybridized carbons (Fsp3) is 0.579. The first-order valence-corrected chi connectivity index (χ1v) is 8.79. The summed E-state index contributed by atoms with van der Waals surface area (Å²) in [4.78, 5) is 2.42. The van der Waals surface area contributed by atoms with Gasteiger partial charge < -0.3 is 19.7 Å². The maximum Gasteiger partial charge on any atom is 0.163 e. The van der Waals surface area contributed by atoms with Crippen LogP contribution in [-0.2, 0) is 0 Å². The van der Waals surface area contributed by atoms with Gasteiger partial charge in [0.1, 0.15) is 0 Å². The first-order valence-electron chi connectivity index (χ1n) is 8.79. The van der Waals surface area contributed by atoms with E-state index in [9.17, 15) is 0 Å². The Kier molecular flexibility index (Phi) is 6.20. The number of nitrogens with zero attached hydrogens (tertiary/aromatic N) is 1. The smallest absolute Gasteiger partial charge is 0.163 e. The summed E-state index contributed by atoms with van der Waals surface area (Å²) in [7, 11) is 1.69. The number of rotatable bonds is 4. The predicted octanol–water partition coefficient (Wildman–Crippen LogP) is 4.62. The quantitative estimate of drug-likeness (QED) is 0.878. The molecule has 4 nitrogen and oxygen atoms in total. The molecule has 0 bridgehead atoms. The molecule has 0 amide bonds. The van der Waals surface area contributed by atoms with Crippen molar-refractivity contribution in [1.82, 2.24) is 4.90 Å². The lowest BCUT2D eigenvalue weighted by molar-refractivity contribution is 0.294. The van der Waals surface area contributed by atoms with Crippen LogP contribution in [0.5, 0.6) is 11.5 Å². The average molecular weight is 320 g/mol. The topological polar surface area (TPSA) is 33.7 Å². The van der Waals surface area contributed by atoms with Crippen LogP contribution in [0.15, 0.2) is 18.7 Å². The van der Waals surface area contributed by atoms with Crippen molar-refractivity contribution in [2.75, 3.05) is 32.1 Å². The maximum absolute atomic E-state index is 5.81. The molecule has 0 saturated carbocycles. The number of nitrogens with one attached hydrogen (secondary N) is 1. The Morgan fingerprint density at radius 1 is 1.35 bits per heavy atom. The van der Waals surface area contributed by atoms with Crippen LogP contribution in [-0.4, -0.2) is 37.7 Å². The number of benzene rings is 1. The van der Waals surface area contributed by atoms with Gasteiger partial charge in [-0.15, -0.1) is 0 Å². The minimum Gasteiger partial charge on any atom is -0.493 e. The van der Waals surface area contributed by atoms with E-state index >= 15 is 0 Å². The number of ether oxygens (including phenoxy) is 2. The lowest BCUT2D eigenvalue weighted by Crippen LogP contribution is -2.30. The molecule has 2 aliphatic rings. The Balaban J connectivity index is 0.000000925. The maximum atomic E-state index is 5.81. The van der Waals surface area contributed by atoms with Gasteiger partial charge in [0.25, 0.3) is 0 Å². The number of methoxy groups -OCH3 is 1. The molecule has 2 heterocycles. The van der Waals surface area contributed by atoms with E-state index in [1.54, 1.807) is 7.11 Å². The molecule has 0 spiro atoms. The van der Waals surface area contributed by atoms with Gasteiger partial charge in [0.15, 0.2) is 11.5 Å². The summed E-state index contributed by atoms with van der Waals surface area (Å²) in [5.74, 6) is 1.59. The van der Waals surface area contributed by atoms with Crippen LogP contribution in [0.2, 0.25) is 0 Å². The summed E-state index contributed by atoms with van der Waals surface area (Å²) in [5.41, 5.74) is 3.32. The van der Waals surface area contributed by atoms with Crippen molar-refractivity contribution < 1.29 is 10.9 Å². The molecule has 1 atom stereocenters. The third kappa shape index (κ3) is 3.57. The SMILES string of the molecule is C=C1c2cc(OC)c(OCCC)cc2NC[C@@H]2CCCN12.CC.[HH]. The van der Waals surface area contributed by atoms with E-state index in [0.29, 0.717) is 12.6 Å². The fourth-order valence-corrected chi connectivity index (χ4v) is 3.22. The first kappa shape index (κ1) is 17.5. The van der Waals surface area contributed by atoms with E-state index in [4.69, 9.17) is 9.47 Å². The van der Waals surface area contributed by atoms with Crippen molar-refractivity contribution in [3.05, 3.63) is 24.3 Å². The molecule has 2 aliphatic heterocycles. The zero-order valence-electron chi connectivity index (χ0n) is 14.9. The van der Waals surface area contributed by atoms with Gasteiger partial charge in [-0.3, -0.25) is 0 Å². The van der Waals surface area contributed by atoms with Crippen molar-refractivity contribution in [2.45, 2.75) is 46.1 Å². The standard InChI is InChI=1S/C17H24N2O2.C2H6.H2/c1-4-8-21-17-10-15-14(9-16(17)20-3)12(2)19-7-5-6-13(19)11-18-15;1-2;/h9-10,13,18H,2,4-8,11H2,1,3H3;1-2H3;1H/t13-;;/m0../s1. The van der Waals surface area contributed by atoms with Crippen LogP contribution in [0.1, 0.15) is 47.0 Å². The molecule has 4 heteroatoms. The second kappa shape index (κ2) is 8.14. The Morgan fingerprint density at radius 2 is 2.13 bits per heavy atom. The van der Waals surface area contributed by atoms with E-state index in [2.05, 4.69) is 35.9 Å². The molecule has 1 saturated heterocycles. The van der Waals surface area contributed by atoms with Crippen LogP contribution in [0.25, 0.3) is 5.70 Å². The summed E-state index contributed by atoms with van der Waals surface area (Å²) < 4.78 is 11.3. The highest BCUT2D eigenvalue weighted by molar-refractivity contribution is 5.78. The van der Waals surface area contributed by atoms with Crippen molar-refractivity contribution >= 4 is 11.4 Å².